The molecule has 1 aromatic rings. The van der Waals surface area contributed by atoms with Crippen molar-refractivity contribution in [2.24, 2.45) is 0 Å². The molecule has 1 fully saturated rings. The van der Waals surface area contributed by atoms with Gasteiger partial charge in [0.15, 0.2) is 0 Å². The summed E-state index contributed by atoms with van der Waals surface area (Å²) in [4.78, 5) is 0.0391. The fourth-order valence-corrected chi connectivity index (χ4v) is 3.76. The SMILES string of the molecule is COCCNS(=O)(=O)c1ccc(Cl)c(CNC2CC2)c1Cl. The van der Waals surface area contributed by atoms with Crippen molar-refractivity contribution in [3.05, 3.63) is 27.7 Å². The van der Waals surface area contributed by atoms with Gasteiger partial charge in [0.25, 0.3) is 0 Å². The topological polar surface area (TPSA) is 67.4 Å². The molecular weight excluding hydrogens is 335 g/mol. The van der Waals surface area contributed by atoms with Crippen LogP contribution in [0, 0.1) is 0 Å². The van der Waals surface area contributed by atoms with Crippen molar-refractivity contribution in [3.8, 4) is 0 Å². The van der Waals surface area contributed by atoms with Gasteiger partial charge in [0.2, 0.25) is 10.0 Å². The van der Waals surface area contributed by atoms with Gasteiger partial charge < -0.3 is 10.1 Å². The molecule has 118 valence electrons. The molecule has 0 heterocycles. The first-order valence-corrected chi connectivity index (χ1v) is 8.88. The van der Waals surface area contributed by atoms with Crippen LogP contribution in [0.3, 0.4) is 0 Å². The molecule has 1 aliphatic rings. The Morgan fingerprint density at radius 1 is 1.33 bits per heavy atom. The zero-order valence-electron chi connectivity index (χ0n) is 11.7. The van der Waals surface area contributed by atoms with Crippen LogP contribution in [-0.2, 0) is 21.3 Å². The molecule has 0 spiro atoms. The van der Waals surface area contributed by atoms with Crippen LogP contribution in [0.25, 0.3) is 0 Å². The number of hydrogen-bond acceptors (Lipinski definition) is 4. The minimum absolute atomic E-state index is 0.0391. The monoisotopic (exact) mass is 352 g/mol. The van der Waals surface area contributed by atoms with E-state index in [1.54, 1.807) is 6.07 Å². The zero-order chi connectivity index (χ0) is 15.5. The molecule has 0 amide bonds. The summed E-state index contributed by atoms with van der Waals surface area (Å²) < 4.78 is 31.7. The molecule has 5 nitrogen and oxygen atoms in total. The first-order valence-electron chi connectivity index (χ1n) is 6.64. The van der Waals surface area contributed by atoms with E-state index in [1.165, 1.54) is 13.2 Å². The van der Waals surface area contributed by atoms with Crippen molar-refractivity contribution in [2.45, 2.75) is 30.3 Å². The lowest BCUT2D eigenvalue weighted by atomic mass is 10.2. The summed E-state index contributed by atoms with van der Waals surface area (Å²) >= 11 is 12.4. The van der Waals surface area contributed by atoms with Gasteiger partial charge in [-0.3, -0.25) is 0 Å². The number of benzene rings is 1. The maximum absolute atomic E-state index is 12.2. The van der Waals surface area contributed by atoms with Crippen molar-refractivity contribution >= 4 is 33.2 Å². The van der Waals surface area contributed by atoms with Crippen LogP contribution in [0.5, 0.6) is 0 Å². The highest BCUT2D eigenvalue weighted by Gasteiger charge is 2.24. The molecule has 1 aromatic carbocycles. The zero-order valence-corrected chi connectivity index (χ0v) is 14.0. The number of nitrogens with one attached hydrogen (secondary N) is 2. The molecule has 21 heavy (non-hydrogen) atoms. The van der Waals surface area contributed by atoms with E-state index in [0.717, 1.165) is 12.8 Å². The van der Waals surface area contributed by atoms with Crippen molar-refractivity contribution in [3.63, 3.8) is 0 Å². The fraction of sp³-hybridized carbons (Fsp3) is 0.538. The molecule has 0 radical (unpaired) electrons. The van der Waals surface area contributed by atoms with Gasteiger partial charge in [-0.15, -0.1) is 0 Å². The minimum atomic E-state index is -3.67. The Morgan fingerprint density at radius 3 is 2.67 bits per heavy atom. The van der Waals surface area contributed by atoms with Crippen molar-refractivity contribution in [1.29, 1.82) is 0 Å². The van der Waals surface area contributed by atoms with E-state index in [2.05, 4.69) is 10.0 Å². The molecule has 0 bridgehead atoms. The molecule has 8 heteroatoms. The van der Waals surface area contributed by atoms with Gasteiger partial charge in [-0.25, -0.2) is 13.1 Å². The Hall–Kier alpha value is -0.370. The van der Waals surface area contributed by atoms with Crippen LogP contribution in [0.1, 0.15) is 18.4 Å². The molecule has 0 saturated heterocycles. The highest BCUT2D eigenvalue weighted by Crippen LogP contribution is 2.31. The molecular formula is C13H18Cl2N2O3S. The Bertz CT molecular complexity index is 604. The average molecular weight is 353 g/mol. The largest absolute Gasteiger partial charge is 0.383 e. The van der Waals surface area contributed by atoms with E-state index < -0.39 is 10.0 Å². The van der Waals surface area contributed by atoms with E-state index in [4.69, 9.17) is 27.9 Å². The van der Waals surface area contributed by atoms with E-state index in [0.29, 0.717) is 29.8 Å². The summed E-state index contributed by atoms with van der Waals surface area (Å²) in [5, 5.41) is 3.91. The van der Waals surface area contributed by atoms with E-state index in [1.807, 2.05) is 0 Å². The standard InChI is InChI=1S/C13H18Cl2N2O3S/c1-20-7-6-17-21(18,19)12-5-4-11(14)10(13(12)15)8-16-9-2-3-9/h4-5,9,16-17H,2-3,6-8H2,1H3. The van der Waals surface area contributed by atoms with Gasteiger partial charge in [0.05, 0.1) is 11.6 Å². The van der Waals surface area contributed by atoms with Gasteiger partial charge in [-0.2, -0.15) is 0 Å². The summed E-state index contributed by atoms with van der Waals surface area (Å²) in [5.74, 6) is 0. The van der Waals surface area contributed by atoms with Gasteiger partial charge in [-0.05, 0) is 25.0 Å². The summed E-state index contributed by atoms with van der Waals surface area (Å²) in [6, 6.07) is 3.46. The maximum atomic E-state index is 12.2. The summed E-state index contributed by atoms with van der Waals surface area (Å²) in [7, 11) is -2.17. The second-order valence-corrected chi connectivity index (χ2v) is 7.40. The summed E-state index contributed by atoms with van der Waals surface area (Å²) in [6.07, 6.45) is 2.26. The second-order valence-electron chi connectivity index (χ2n) is 4.88. The molecule has 0 atom stereocenters. The lowest BCUT2D eigenvalue weighted by Gasteiger charge is -2.13. The van der Waals surface area contributed by atoms with Gasteiger partial charge in [0, 0.05) is 36.8 Å². The maximum Gasteiger partial charge on any atom is 0.242 e. The number of sulfonamides is 1. The first-order chi connectivity index (χ1) is 9.95. The van der Waals surface area contributed by atoms with Gasteiger partial charge in [0.1, 0.15) is 4.90 Å². The number of methoxy groups -OCH3 is 1. The molecule has 0 aromatic heterocycles. The number of ether oxygens (including phenoxy) is 1. The third-order valence-electron chi connectivity index (χ3n) is 3.18. The Morgan fingerprint density at radius 2 is 2.05 bits per heavy atom. The second kappa shape index (κ2) is 7.26. The molecule has 1 saturated carbocycles. The summed E-state index contributed by atoms with van der Waals surface area (Å²) in [6.45, 7) is 0.942. The third kappa shape index (κ3) is 4.55. The fourth-order valence-electron chi connectivity index (χ4n) is 1.84. The van der Waals surface area contributed by atoms with Gasteiger partial charge >= 0.3 is 0 Å². The Labute approximate surface area is 135 Å². The Kier molecular flexibility index (Phi) is 5.88. The van der Waals surface area contributed by atoms with Crippen LogP contribution in [-0.4, -0.2) is 34.7 Å². The van der Waals surface area contributed by atoms with Crippen LogP contribution in [0.15, 0.2) is 17.0 Å². The highest BCUT2D eigenvalue weighted by molar-refractivity contribution is 7.89. The average Bonchev–Trinajstić information content (AvgIpc) is 3.22. The highest BCUT2D eigenvalue weighted by atomic mass is 35.5. The van der Waals surface area contributed by atoms with Crippen LogP contribution in [0.4, 0.5) is 0 Å². The van der Waals surface area contributed by atoms with E-state index in [9.17, 15) is 8.42 Å². The summed E-state index contributed by atoms with van der Waals surface area (Å²) in [5.41, 5.74) is 0.611. The predicted octanol–water partition coefficient (Wildman–Crippen LogP) is 2.17. The number of hydrogen-bond donors (Lipinski definition) is 2. The molecule has 0 unspecified atom stereocenters. The van der Waals surface area contributed by atoms with Gasteiger partial charge in [-0.1, -0.05) is 23.2 Å². The number of halogens is 2. The molecule has 2 N–H and O–H groups in total. The lowest BCUT2D eigenvalue weighted by Crippen LogP contribution is -2.27. The van der Waals surface area contributed by atoms with Crippen LogP contribution >= 0.6 is 23.2 Å². The minimum Gasteiger partial charge on any atom is -0.383 e. The third-order valence-corrected chi connectivity index (χ3v) is 5.58. The molecule has 1 aliphatic carbocycles. The lowest BCUT2D eigenvalue weighted by molar-refractivity contribution is 0.204. The molecule has 2 rings (SSSR count). The van der Waals surface area contributed by atoms with Crippen LogP contribution < -0.4 is 10.0 Å². The van der Waals surface area contributed by atoms with E-state index >= 15 is 0 Å². The quantitative estimate of drug-likeness (QED) is 0.703. The van der Waals surface area contributed by atoms with Crippen molar-refractivity contribution < 1.29 is 13.2 Å². The first kappa shape index (κ1) is 17.0. The number of rotatable bonds is 8. The normalized spacial score (nSPS) is 15.4. The van der Waals surface area contributed by atoms with Crippen LogP contribution in [0.2, 0.25) is 10.0 Å². The van der Waals surface area contributed by atoms with Crippen molar-refractivity contribution in [2.75, 3.05) is 20.3 Å². The predicted molar refractivity (Wildman–Crippen MR) is 83.4 cm³/mol. The smallest absolute Gasteiger partial charge is 0.242 e. The Balaban J connectivity index is 2.20. The molecule has 0 aliphatic heterocycles. The van der Waals surface area contributed by atoms with Crippen molar-refractivity contribution in [1.82, 2.24) is 10.0 Å². The van der Waals surface area contributed by atoms with E-state index in [-0.39, 0.29) is 16.5 Å².